The van der Waals surface area contributed by atoms with Gasteiger partial charge in [0.1, 0.15) is 5.69 Å². The number of likely N-dealkylation sites (N-methyl/N-ethyl adjacent to an activating group) is 1. The zero-order chi connectivity index (χ0) is 14.3. The number of anilines is 1. The van der Waals surface area contributed by atoms with Gasteiger partial charge < -0.3 is 15.0 Å². The smallest absolute Gasteiger partial charge is 0.383 e. The van der Waals surface area contributed by atoms with Crippen molar-refractivity contribution in [3.8, 4) is 0 Å². The topological polar surface area (TPSA) is 50.3 Å². The summed E-state index contributed by atoms with van der Waals surface area (Å²) in [6, 6.07) is 0.855. The minimum atomic E-state index is -4.45. The molecule has 1 N–H and O–H groups in total. The van der Waals surface area contributed by atoms with Gasteiger partial charge in [-0.15, -0.1) is 0 Å². The number of aromatic nitrogens is 2. The summed E-state index contributed by atoms with van der Waals surface area (Å²) in [4.78, 5) is 8.89. The third-order valence-corrected chi connectivity index (χ3v) is 2.38. The van der Waals surface area contributed by atoms with Crippen LogP contribution in [-0.2, 0) is 10.9 Å². The largest absolute Gasteiger partial charge is 0.433 e. The lowest BCUT2D eigenvalue weighted by atomic mass is 10.4. The predicted octanol–water partition coefficient (Wildman–Crippen LogP) is 1.17. The number of nitrogens with zero attached hydrogens (tertiary/aromatic N) is 3. The molecule has 8 heteroatoms. The van der Waals surface area contributed by atoms with Crippen LogP contribution in [0.1, 0.15) is 5.69 Å². The zero-order valence-corrected chi connectivity index (χ0v) is 10.9. The third kappa shape index (κ3) is 5.39. The number of ether oxygens (including phenoxy) is 1. The number of hydrogen-bond donors (Lipinski definition) is 1. The fraction of sp³-hybridized carbons (Fsp3) is 0.636. The number of methoxy groups -OCH3 is 1. The van der Waals surface area contributed by atoms with Crippen molar-refractivity contribution in [3.63, 3.8) is 0 Å². The van der Waals surface area contributed by atoms with Crippen LogP contribution in [0, 0.1) is 0 Å². The molecule has 5 nitrogen and oxygen atoms in total. The van der Waals surface area contributed by atoms with Gasteiger partial charge in [-0.2, -0.15) is 13.2 Å². The lowest BCUT2D eigenvalue weighted by Crippen LogP contribution is -2.32. The predicted molar refractivity (Wildman–Crippen MR) is 65.0 cm³/mol. The average molecular weight is 278 g/mol. The highest BCUT2D eigenvalue weighted by atomic mass is 19.4. The van der Waals surface area contributed by atoms with Crippen LogP contribution in [0.5, 0.6) is 0 Å². The molecule has 1 heterocycles. The summed E-state index contributed by atoms with van der Waals surface area (Å²) in [5.41, 5.74) is -0.934. The second-order valence-electron chi connectivity index (χ2n) is 3.90. The van der Waals surface area contributed by atoms with Crippen molar-refractivity contribution in [3.05, 3.63) is 18.0 Å². The summed E-state index contributed by atoms with van der Waals surface area (Å²) in [7, 11) is 3.25. The third-order valence-electron chi connectivity index (χ3n) is 2.38. The minimum absolute atomic E-state index is 0.0587. The Kier molecular flexibility index (Phi) is 5.97. The van der Waals surface area contributed by atoms with Crippen LogP contribution in [0.2, 0.25) is 0 Å². The molecular formula is C11H17F3N4O. The van der Waals surface area contributed by atoms with E-state index in [0.717, 1.165) is 12.3 Å². The normalized spacial score (nSPS) is 11.6. The molecule has 19 heavy (non-hydrogen) atoms. The maximum Gasteiger partial charge on any atom is 0.433 e. The van der Waals surface area contributed by atoms with E-state index in [9.17, 15) is 13.2 Å². The lowest BCUT2D eigenvalue weighted by molar-refractivity contribution is -0.141. The molecule has 0 atom stereocenters. The maximum absolute atomic E-state index is 12.5. The van der Waals surface area contributed by atoms with Crippen molar-refractivity contribution < 1.29 is 17.9 Å². The van der Waals surface area contributed by atoms with Gasteiger partial charge in [0, 0.05) is 40.0 Å². The molecule has 1 aromatic heterocycles. The van der Waals surface area contributed by atoms with Gasteiger partial charge in [0.15, 0.2) is 0 Å². The first-order valence-corrected chi connectivity index (χ1v) is 5.76. The molecule has 0 unspecified atom stereocenters. The van der Waals surface area contributed by atoms with Crippen LogP contribution in [0.4, 0.5) is 19.1 Å². The molecule has 0 aliphatic heterocycles. The van der Waals surface area contributed by atoms with E-state index >= 15 is 0 Å². The van der Waals surface area contributed by atoms with Gasteiger partial charge in [-0.25, -0.2) is 9.97 Å². The Labute approximate surface area is 109 Å². The van der Waals surface area contributed by atoms with E-state index in [1.54, 1.807) is 19.1 Å². The second kappa shape index (κ2) is 7.25. The Morgan fingerprint density at radius 1 is 1.37 bits per heavy atom. The molecule has 0 aliphatic rings. The minimum Gasteiger partial charge on any atom is -0.383 e. The van der Waals surface area contributed by atoms with E-state index in [0.29, 0.717) is 26.2 Å². The standard InChI is InChI=1S/C11H17F3N4O/c1-18(7-5-15-6-8-19-2)10-16-4-3-9(17-10)11(12,13)14/h3-4,15H,5-8H2,1-2H3. The summed E-state index contributed by atoms with van der Waals surface area (Å²) >= 11 is 0. The fourth-order valence-corrected chi connectivity index (χ4v) is 1.34. The highest BCUT2D eigenvalue weighted by Gasteiger charge is 2.33. The summed E-state index contributed by atoms with van der Waals surface area (Å²) in [5, 5.41) is 3.09. The van der Waals surface area contributed by atoms with Crippen LogP contribution < -0.4 is 10.2 Å². The first-order chi connectivity index (χ1) is 8.95. The monoisotopic (exact) mass is 278 g/mol. The van der Waals surface area contributed by atoms with E-state index in [1.807, 2.05) is 0 Å². The van der Waals surface area contributed by atoms with Gasteiger partial charge in [-0.05, 0) is 6.07 Å². The highest BCUT2D eigenvalue weighted by molar-refractivity contribution is 5.29. The Bertz CT molecular complexity index is 386. The van der Waals surface area contributed by atoms with Crippen LogP contribution in [-0.4, -0.2) is 50.4 Å². The first-order valence-electron chi connectivity index (χ1n) is 5.76. The van der Waals surface area contributed by atoms with Crippen LogP contribution in [0.25, 0.3) is 0 Å². The van der Waals surface area contributed by atoms with E-state index in [-0.39, 0.29) is 5.95 Å². The molecule has 0 fully saturated rings. The second-order valence-corrected chi connectivity index (χ2v) is 3.90. The molecule has 0 bridgehead atoms. The summed E-state index contributed by atoms with van der Waals surface area (Å²) in [6.07, 6.45) is -3.34. The number of rotatable bonds is 7. The van der Waals surface area contributed by atoms with Crippen molar-refractivity contribution in [2.24, 2.45) is 0 Å². The molecule has 0 aromatic carbocycles. The quantitative estimate of drug-likeness (QED) is 0.759. The fourth-order valence-electron chi connectivity index (χ4n) is 1.34. The van der Waals surface area contributed by atoms with E-state index in [2.05, 4.69) is 15.3 Å². The Balaban J connectivity index is 2.50. The van der Waals surface area contributed by atoms with Gasteiger partial charge in [0.25, 0.3) is 0 Å². The van der Waals surface area contributed by atoms with Crippen molar-refractivity contribution in [1.29, 1.82) is 0 Å². The molecule has 0 radical (unpaired) electrons. The van der Waals surface area contributed by atoms with E-state index in [4.69, 9.17) is 4.74 Å². The Hall–Kier alpha value is -1.41. The van der Waals surface area contributed by atoms with Gasteiger partial charge in [0.05, 0.1) is 6.61 Å². The number of alkyl halides is 3. The van der Waals surface area contributed by atoms with Crippen LogP contribution in [0.3, 0.4) is 0 Å². The maximum atomic E-state index is 12.5. The van der Waals surface area contributed by atoms with Gasteiger partial charge >= 0.3 is 6.18 Å². The molecule has 0 spiro atoms. The van der Waals surface area contributed by atoms with Crippen LogP contribution in [0.15, 0.2) is 12.3 Å². The highest BCUT2D eigenvalue weighted by Crippen LogP contribution is 2.27. The van der Waals surface area contributed by atoms with Gasteiger partial charge in [-0.3, -0.25) is 0 Å². The van der Waals surface area contributed by atoms with Crippen molar-refractivity contribution in [1.82, 2.24) is 15.3 Å². The molecule has 0 aliphatic carbocycles. The number of nitrogens with one attached hydrogen (secondary N) is 1. The molecule has 1 aromatic rings. The van der Waals surface area contributed by atoms with Crippen molar-refractivity contribution in [2.45, 2.75) is 6.18 Å². The summed E-state index contributed by atoms with van der Waals surface area (Å²) in [6.45, 7) is 2.39. The first kappa shape index (κ1) is 15.6. The summed E-state index contributed by atoms with van der Waals surface area (Å²) < 4.78 is 42.3. The number of halogens is 3. The Morgan fingerprint density at radius 3 is 2.74 bits per heavy atom. The van der Waals surface area contributed by atoms with E-state index < -0.39 is 11.9 Å². The summed E-state index contributed by atoms with van der Waals surface area (Å²) in [5.74, 6) is 0.0587. The molecule has 1 rings (SSSR count). The molecule has 108 valence electrons. The molecule has 0 amide bonds. The Morgan fingerprint density at radius 2 is 2.11 bits per heavy atom. The van der Waals surface area contributed by atoms with E-state index in [1.165, 1.54) is 0 Å². The SMILES string of the molecule is COCCNCCN(C)c1nccc(C(F)(F)F)n1. The molecule has 0 saturated carbocycles. The molecule has 0 saturated heterocycles. The van der Waals surface area contributed by atoms with Crippen LogP contribution >= 0.6 is 0 Å². The van der Waals surface area contributed by atoms with Gasteiger partial charge in [-0.1, -0.05) is 0 Å². The van der Waals surface area contributed by atoms with Crippen molar-refractivity contribution >= 4 is 5.95 Å². The lowest BCUT2D eigenvalue weighted by Gasteiger charge is -2.18. The number of hydrogen-bond acceptors (Lipinski definition) is 5. The molecular weight excluding hydrogens is 261 g/mol. The van der Waals surface area contributed by atoms with Gasteiger partial charge in [0.2, 0.25) is 5.95 Å². The van der Waals surface area contributed by atoms with Crippen molar-refractivity contribution in [2.75, 3.05) is 45.3 Å². The average Bonchev–Trinajstić information content (AvgIpc) is 2.37. The zero-order valence-electron chi connectivity index (χ0n) is 10.9.